The van der Waals surface area contributed by atoms with Gasteiger partial charge in [0.25, 0.3) is 0 Å². The molecule has 0 unspecified atom stereocenters. The predicted molar refractivity (Wildman–Crippen MR) is 75.4 cm³/mol. The van der Waals surface area contributed by atoms with E-state index in [4.69, 9.17) is 11.5 Å². The molecule has 0 atom stereocenters. The van der Waals surface area contributed by atoms with Crippen LogP contribution in [0.25, 0.3) is 0 Å². The van der Waals surface area contributed by atoms with Crippen LogP contribution in [0.2, 0.25) is 0 Å². The van der Waals surface area contributed by atoms with Crippen LogP contribution in [-0.2, 0) is 10.1 Å². The average molecular weight is 289 g/mol. The first-order valence-electron chi connectivity index (χ1n) is 6.00. The summed E-state index contributed by atoms with van der Waals surface area (Å²) < 4.78 is 31.5. The van der Waals surface area contributed by atoms with Gasteiger partial charge < -0.3 is 21.3 Å². The van der Waals surface area contributed by atoms with E-state index >= 15 is 0 Å². The zero-order valence-electron chi connectivity index (χ0n) is 11.8. The van der Waals surface area contributed by atoms with Gasteiger partial charge in [0.15, 0.2) is 0 Å². The third-order valence-electron chi connectivity index (χ3n) is 2.07. The minimum Gasteiger partial charge on any atom is -0.744 e. The normalized spacial score (nSPS) is 11.3. The summed E-state index contributed by atoms with van der Waals surface area (Å²) in [4.78, 5) is -0.434. The second-order valence-electron chi connectivity index (χ2n) is 4.93. The molecule has 0 aliphatic heterocycles. The molecule has 0 fully saturated rings. The molecule has 0 saturated heterocycles. The summed E-state index contributed by atoms with van der Waals surface area (Å²) in [6.07, 6.45) is 0. The van der Waals surface area contributed by atoms with Crippen LogP contribution < -0.4 is 16.8 Å². The van der Waals surface area contributed by atoms with Gasteiger partial charge in [0.05, 0.1) is 22.7 Å². The van der Waals surface area contributed by atoms with Crippen molar-refractivity contribution in [2.24, 2.45) is 0 Å². The Labute approximate surface area is 114 Å². The van der Waals surface area contributed by atoms with Crippen LogP contribution in [0.3, 0.4) is 0 Å². The van der Waals surface area contributed by atoms with E-state index < -0.39 is 15.0 Å². The fraction of sp³-hybridized carbons (Fsp3) is 0.500. The van der Waals surface area contributed by atoms with Crippen molar-refractivity contribution >= 4 is 21.5 Å². The molecule has 19 heavy (non-hydrogen) atoms. The van der Waals surface area contributed by atoms with Crippen LogP contribution in [0.5, 0.6) is 0 Å². The lowest BCUT2D eigenvalue weighted by molar-refractivity contribution is -0.709. The summed E-state index contributed by atoms with van der Waals surface area (Å²) in [7, 11) is -4.48. The highest BCUT2D eigenvalue weighted by Gasteiger charge is 2.05. The molecule has 0 aliphatic rings. The predicted octanol–water partition coefficient (Wildman–Crippen LogP) is 0.122. The molecule has 1 aromatic rings. The number of quaternary nitrogens is 1. The maximum atomic E-state index is 10.5. The lowest BCUT2D eigenvalue weighted by Gasteiger charge is -2.09. The Morgan fingerprint density at radius 1 is 1.11 bits per heavy atom. The van der Waals surface area contributed by atoms with E-state index in [-0.39, 0.29) is 5.69 Å². The third kappa shape index (κ3) is 7.66. The van der Waals surface area contributed by atoms with E-state index in [0.29, 0.717) is 5.69 Å². The lowest BCUT2D eigenvalue weighted by Crippen LogP contribution is -2.92. The molecule has 0 aliphatic carbocycles. The minimum atomic E-state index is -4.48. The van der Waals surface area contributed by atoms with Crippen LogP contribution in [0.1, 0.15) is 27.7 Å². The second kappa shape index (κ2) is 7.32. The quantitative estimate of drug-likeness (QED) is 0.538. The van der Waals surface area contributed by atoms with Gasteiger partial charge in [-0.2, -0.15) is 0 Å². The van der Waals surface area contributed by atoms with Crippen molar-refractivity contribution in [3.05, 3.63) is 18.2 Å². The van der Waals surface area contributed by atoms with Crippen LogP contribution in [0, 0.1) is 0 Å². The van der Waals surface area contributed by atoms with E-state index in [1.165, 1.54) is 12.1 Å². The molecule has 6 N–H and O–H groups in total. The number of anilines is 2. The van der Waals surface area contributed by atoms with Crippen molar-refractivity contribution in [2.75, 3.05) is 11.5 Å². The summed E-state index contributed by atoms with van der Waals surface area (Å²) in [5.41, 5.74) is 10.7. The first kappa shape index (κ1) is 17.7. The van der Waals surface area contributed by atoms with Gasteiger partial charge in [-0.3, -0.25) is 0 Å². The number of hydrogen-bond donors (Lipinski definition) is 3. The first-order chi connectivity index (χ1) is 8.54. The zero-order valence-corrected chi connectivity index (χ0v) is 12.6. The maximum Gasteiger partial charge on any atom is 0.126 e. The number of nitrogens with two attached hydrogens (primary N) is 3. The monoisotopic (exact) mass is 289 g/mol. The van der Waals surface area contributed by atoms with Crippen LogP contribution >= 0.6 is 0 Å². The summed E-state index contributed by atoms with van der Waals surface area (Å²) >= 11 is 0. The van der Waals surface area contributed by atoms with Crippen molar-refractivity contribution in [1.82, 2.24) is 0 Å². The molecule has 0 radical (unpaired) electrons. The third-order valence-corrected chi connectivity index (χ3v) is 2.98. The molecule has 0 saturated carbocycles. The Kier molecular flexibility index (Phi) is 6.82. The Balaban J connectivity index is 0.000000399. The SMILES string of the molecule is CC(C)[NH2+]C(C)C.Nc1ccc(S(=O)(=O)[O-])c(N)c1. The van der Waals surface area contributed by atoms with Crippen LogP contribution in [0.4, 0.5) is 11.4 Å². The van der Waals surface area contributed by atoms with Gasteiger partial charge in [-0.1, -0.05) is 0 Å². The average Bonchev–Trinajstić information content (AvgIpc) is 2.13. The number of hydrogen-bond acceptors (Lipinski definition) is 5. The second-order valence-corrected chi connectivity index (χ2v) is 6.28. The van der Waals surface area contributed by atoms with E-state index in [2.05, 4.69) is 33.0 Å². The Bertz CT molecular complexity index is 493. The summed E-state index contributed by atoms with van der Waals surface area (Å²) in [5, 5.41) is 2.33. The Hall–Kier alpha value is -1.31. The molecule has 110 valence electrons. The molecular weight excluding hydrogens is 266 g/mol. The lowest BCUT2D eigenvalue weighted by atomic mass is 10.3. The smallest absolute Gasteiger partial charge is 0.126 e. The van der Waals surface area contributed by atoms with Crippen molar-refractivity contribution in [3.63, 3.8) is 0 Å². The molecule has 1 aromatic carbocycles. The fourth-order valence-corrected chi connectivity index (χ4v) is 2.15. The van der Waals surface area contributed by atoms with Crippen molar-refractivity contribution in [3.8, 4) is 0 Å². The molecule has 0 amide bonds. The molecule has 0 bridgehead atoms. The summed E-state index contributed by atoms with van der Waals surface area (Å²) in [6, 6.07) is 5.12. The molecule has 7 heteroatoms. The van der Waals surface area contributed by atoms with Gasteiger partial charge >= 0.3 is 0 Å². The number of nitrogen functional groups attached to an aromatic ring is 2. The molecule has 1 rings (SSSR count). The summed E-state index contributed by atoms with van der Waals surface area (Å²) in [6.45, 7) is 8.83. The highest BCUT2D eigenvalue weighted by Crippen LogP contribution is 2.19. The van der Waals surface area contributed by atoms with E-state index in [9.17, 15) is 13.0 Å². The standard InChI is InChI=1S/C6H8N2O3S.C6H15N/c7-4-1-2-6(5(8)3-4)12(9,10)11;1-5(2)7-6(3)4/h1-3H,7-8H2,(H,9,10,11);5-7H,1-4H3. The maximum absolute atomic E-state index is 10.5. The van der Waals surface area contributed by atoms with E-state index in [0.717, 1.165) is 18.2 Å². The highest BCUT2D eigenvalue weighted by atomic mass is 32.2. The molecular formula is C12H23N3O3S. The van der Waals surface area contributed by atoms with Crippen LogP contribution in [-0.4, -0.2) is 25.1 Å². The van der Waals surface area contributed by atoms with Crippen molar-refractivity contribution in [2.45, 2.75) is 44.7 Å². The van der Waals surface area contributed by atoms with E-state index in [1.54, 1.807) is 0 Å². The van der Waals surface area contributed by atoms with Gasteiger partial charge in [0.1, 0.15) is 10.1 Å². The van der Waals surface area contributed by atoms with Crippen LogP contribution in [0.15, 0.2) is 23.1 Å². The topological polar surface area (TPSA) is 126 Å². The van der Waals surface area contributed by atoms with E-state index in [1.807, 2.05) is 0 Å². The van der Waals surface area contributed by atoms with Gasteiger partial charge in [0, 0.05) is 5.69 Å². The van der Waals surface area contributed by atoms with Gasteiger partial charge in [-0.15, -0.1) is 0 Å². The van der Waals surface area contributed by atoms with Gasteiger partial charge in [-0.25, -0.2) is 8.42 Å². The molecule has 0 spiro atoms. The van der Waals surface area contributed by atoms with Crippen molar-refractivity contribution in [1.29, 1.82) is 0 Å². The van der Waals surface area contributed by atoms with Gasteiger partial charge in [-0.05, 0) is 45.9 Å². The van der Waals surface area contributed by atoms with Gasteiger partial charge in [0.2, 0.25) is 0 Å². The largest absolute Gasteiger partial charge is 0.744 e. The van der Waals surface area contributed by atoms with Crippen molar-refractivity contribution < 1.29 is 18.3 Å². The summed E-state index contributed by atoms with van der Waals surface area (Å²) in [5.74, 6) is 0. The zero-order chi connectivity index (χ0) is 15.2. The molecule has 0 aromatic heterocycles. The Morgan fingerprint density at radius 3 is 1.84 bits per heavy atom. The minimum absolute atomic E-state index is 0.120. The molecule has 0 heterocycles. The Morgan fingerprint density at radius 2 is 1.58 bits per heavy atom. The fourth-order valence-electron chi connectivity index (χ4n) is 1.56. The first-order valence-corrected chi connectivity index (χ1v) is 7.40. The highest BCUT2D eigenvalue weighted by molar-refractivity contribution is 7.86. The number of benzene rings is 1. The number of rotatable bonds is 3. The molecule has 6 nitrogen and oxygen atoms in total.